The molecule has 1 aliphatic rings. The summed E-state index contributed by atoms with van der Waals surface area (Å²) in [4.78, 5) is 12.4. The topological polar surface area (TPSA) is 72.5 Å². The van der Waals surface area contributed by atoms with Gasteiger partial charge >= 0.3 is 0 Å². The van der Waals surface area contributed by atoms with Crippen LogP contribution >= 0.6 is 0 Å². The van der Waals surface area contributed by atoms with E-state index in [0.717, 1.165) is 29.7 Å². The first-order valence-corrected chi connectivity index (χ1v) is 9.30. The quantitative estimate of drug-likeness (QED) is 0.826. The van der Waals surface area contributed by atoms with Crippen LogP contribution in [0.3, 0.4) is 0 Å². The first-order valence-electron chi connectivity index (χ1n) is 7.48. The lowest BCUT2D eigenvalue weighted by Crippen LogP contribution is -2.37. The Hall–Kier alpha value is -1.56. The van der Waals surface area contributed by atoms with Gasteiger partial charge in [0.05, 0.1) is 18.3 Å². The summed E-state index contributed by atoms with van der Waals surface area (Å²) in [6.07, 6.45) is 1.57. The van der Waals surface area contributed by atoms with Gasteiger partial charge in [-0.25, -0.2) is 8.42 Å². The molecule has 1 saturated carbocycles. The Bertz CT molecular complexity index is 663. The third kappa shape index (κ3) is 3.43. The van der Waals surface area contributed by atoms with E-state index in [1.165, 1.54) is 0 Å². The molecule has 0 aromatic heterocycles. The highest BCUT2D eigenvalue weighted by Crippen LogP contribution is 2.49. The van der Waals surface area contributed by atoms with Crippen molar-refractivity contribution in [2.24, 2.45) is 0 Å². The lowest BCUT2D eigenvalue weighted by Gasteiger charge is -2.17. The third-order valence-corrected chi connectivity index (χ3v) is 5.99. The number of amides is 1. The van der Waals surface area contributed by atoms with Crippen molar-refractivity contribution in [3.8, 4) is 5.75 Å². The van der Waals surface area contributed by atoms with E-state index in [0.29, 0.717) is 0 Å². The van der Waals surface area contributed by atoms with Crippen molar-refractivity contribution in [1.82, 2.24) is 5.32 Å². The lowest BCUT2D eigenvalue weighted by atomic mass is 9.93. The zero-order valence-electron chi connectivity index (χ0n) is 13.3. The fourth-order valence-electron chi connectivity index (χ4n) is 2.52. The first kappa shape index (κ1) is 16.8. The average molecular weight is 325 g/mol. The van der Waals surface area contributed by atoms with E-state index in [1.54, 1.807) is 14.0 Å². The van der Waals surface area contributed by atoms with Gasteiger partial charge in [0.15, 0.2) is 9.84 Å². The Morgan fingerprint density at radius 1 is 1.36 bits per heavy atom. The SMILES string of the molecule is CCS(=O)(=O)CCNC(=O)C1(c2ccc(C)c(OC)c2)CC1. The molecule has 1 fully saturated rings. The number of aryl methyl sites for hydroxylation is 1. The number of carbonyl (C=O) groups is 1. The summed E-state index contributed by atoms with van der Waals surface area (Å²) in [6, 6.07) is 5.81. The average Bonchev–Trinajstić information content (AvgIpc) is 3.29. The molecule has 22 heavy (non-hydrogen) atoms. The molecule has 0 atom stereocenters. The third-order valence-electron chi connectivity index (χ3n) is 4.28. The molecule has 2 rings (SSSR count). The second kappa shape index (κ2) is 6.28. The van der Waals surface area contributed by atoms with Crippen LogP contribution in [-0.2, 0) is 20.0 Å². The van der Waals surface area contributed by atoms with E-state index in [4.69, 9.17) is 4.74 Å². The van der Waals surface area contributed by atoms with Gasteiger partial charge in [-0.3, -0.25) is 4.79 Å². The number of ether oxygens (including phenoxy) is 1. The molecule has 6 heteroatoms. The summed E-state index contributed by atoms with van der Waals surface area (Å²) >= 11 is 0. The second-order valence-electron chi connectivity index (χ2n) is 5.76. The highest BCUT2D eigenvalue weighted by molar-refractivity contribution is 7.91. The smallest absolute Gasteiger partial charge is 0.230 e. The van der Waals surface area contributed by atoms with Crippen LogP contribution in [0.2, 0.25) is 0 Å². The Kier molecular flexibility index (Phi) is 4.80. The number of sulfone groups is 1. The Labute approximate surface area is 132 Å². The molecule has 1 aromatic carbocycles. The maximum Gasteiger partial charge on any atom is 0.230 e. The molecule has 0 bridgehead atoms. The van der Waals surface area contributed by atoms with Crippen LogP contribution in [0.5, 0.6) is 5.75 Å². The molecule has 0 unspecified atom stereocenters. The molecule has 0 heterocycles. The fourth-order valence-corrected chi connectivity index (χ4v) is 3.22. The largest absolute Gasteiger partial charge is 0.496 e. The minimum atomic E-state index is -3.06. The van der Waals surface area contributed by atoms with Crippen molar-refractivity contribution >= 4 is 15.7 Å². The van der Waals surface area contributed by atoms with Crippen molar-refractivity contribution < 1.29 is 17.9 Å². The normalized spacial score (nSPS) is 16.1. The van der Waals surface area contributed by atoms with E-state index < -0.39 is 15.3 Å². The molecule has 1 amide bonds. The van der Waals surface area contributed by atoms with E-state index >= 15 is 0 Å². The molecule has 0 aliphatic heterocycles. The van der Waals surface area contributed by atoms with Gasteiger partial charge in [-0.05, 0) is 37.0 Å². The van der Waals surface area contributed by atoms with Crippen LogP contribution < -0.4 is 10.1 Å². The van der Waals surface area contributed by atoms with Crippen LogP contribution in [0.25, 0.3) is 0 Å². The van der Waals surface area contributed by atoms with Crippen LogP contribution in [0.15, 0.2) is 18.2 Å². The van der Waals surface area contributed by atoms with Crippen molar-refractivity contribution in [3.05, 3.63) is 29.3 Å². The summed E-state index contributed by atoms with van der Waals surface area (Å²) < 4.78 is 28.3. The summed E-state index contributed by atoms with van der Waals surface area (Å²) in [6.45, 7) is 3.73. The lowest BCUT2D eigenvalue weighted by molar-refractivity contribution is -0.123. The summed E-state index contributed by atoms with van der Waals surface area (Å²) in [5.74, 6) is 0.765. The first-order chi connectivity index (χ1) is 10.3. The monoisotopic (exact) mass is 325 g/mol. The number of benzene rings is 1. The molecular formula is C16H23NO4S. The molecule has 0 radical (unpaired) electrons. The molecule has 0 spiro atoms. The summed E-state index contributed by atoms with van der Waals surface area (Å²) in [7, 11) is -1.44. The maximum absolute atomic E-state index is 12.4. The Balaban J connectivity index is 2.06. The van der Waals surface area contributed by atoms with Gasteiger partial charge in [0, 0.05) is 12.3 Å². The van der Waals surface area contributed by atoms with Crippen LogP contribution in [0.1, 0.15) is 30.9 Å². The predicted molar refractivity (Wildman–Crippen MR) is 86.0 cm³/mol. The minimum absolute atomic E-state index is 0.0114. The predicted octanol–water partition coefficient (Wildman–Crippen LogP) is 1.59. The summed E-state index contributed by atoms with van der Waals surface area (Å²) in [5, 5.41) is 2.77. The zero-order valence-corrected chi connectivity index (χ0v) is 14.1. The molecule has 5 nitrogen and oxygen atoms in total. The van der Waals surface area contributed by atoms with E-state index in [9.17, 15) is 13.2 Å². The molecule has 1 aromatic rings. The molecule has 0 saturated heterocycles. The highest BCUT2D eigenvalue weighted by Gasteiger charge is 2.51. The van der Waals surface area contributed by atoms with Gasteiger partial charge < -0.3 is 10.1 Å². The Morgan fingerprint density at radius 2 is 2.05 bits per heavy atom. The Morgan fingerprint density at radius 3 is 2.59 bits per heavy atom. The number of hydrogen-bond donors (Lipinski definition) is 1. The van der Waals surface area contributed by atoms with Gasteiger partial charge in [0.25, 0.3) is 0 Å². The number of nitrogens with one attached hydrogen (secondary N) is 1. The maximum atomic E-state index is 12.4. The van der Waals surface area contributed by atoms with Crippen LogP contribution in [-0.4, -0.2) is 39.5 Å². The molecular weight excluding hydrogens is 302 g/mol. The van der Waals surface area contributed by atoms with Crippen molar-refractivity contribution in [1.29, 1.82) is 0 Å². The van der Waals surface area contributed by atoms with E-state index in [-0.39, 0.29) is 24.0 Å². The zero-order chi connectivity index (χ0) is 16.4. The van der Waals surface area contributed by atoms with Gasteiger partial charge in [-0.1, -0.05) is 19.1 Å². The van der Waals surface area contributed by atoms with Crippen LogP contribution in [0.4, 0.5) is 0 Å². The van der Waals surface area contributed by atoms with Crippen molar-refractivity contribution in [2.75, 3.05) is 25.2 Å². The summed E-state index contributed by atoms with van der Waals surface area (Å²) in [5.41, 5.74) is 1.44. The minimum Gasteiger partial charge on any atom is -0.496 e. The second-order valence-corrected chi connectivity index (χ2v) is 8.23. The van der Waals surface area contributed by atoms with Gasteiger partial charge in [-0.15, -0.1) is 0 Å². The van der Waals surface area contributed by atoms with E-state index in [2.05, 4.69) is 5.32 Å². The fraction of sp³-hybridized carbons (Fsp3) is 0.562. The highest BCUT2D eigenvalue weighted by atomic mass is 32.2. The van der Waals surface area contributed by atoms with Crippen molar-refractivity contribution in [2.45, 2.75) is 32.1 Å². The standard InChI is InChI=1S/C16H23NO4S/c1-4-22(19,20)10-9-17-15(18)16(7-8-16)13-6-5-12(2)14(11-13)21-3/h5-6,11H,4,7-10H2,1-3H3,(H,17,18). The van der Waals surface area contributed by atoms with Gasteiger partial charge in [0.2, 0.25) is 5.91 Å². The van der Waals surface area contributed by atoms with Crippen LogP contribution in [0, 0.1) is 6.92 Å². The molecule has 1 N–H and O–H groups in total. The van der Waals surface area contributed by atoms with Crippen molar-refractivity contribution in [3.63, 3.8) is 0 Å². The number of methoxy groups -OCH3 is 1. The molecule has 1 aliphatic carbocycles. The number of hydrogen-bond acceptors (Lipinski definition) is 4. The number of carbonyl (C=O) groups excluding carboxylic acids is 1. The van der Waals surface area contributed by atoms with Gasteiger partial charge in [0.1, 0.15) is 5.75 Å². The van der Waals surface area contributed by atoms with E-state index in [1.807, 2.05) is 25.1 Å². The molecule has 122 valence electrons. The van der Waals surface area contributed by atoms with Gasteiger partial charge in [-0.2, -0.15) is 0 Å². The number of rotatable bonds is 7.